The number of hydrogen-bond acceptors (Lipinski definition) is 8. The van der Waals surface area contributed by atoms with Crippen LogP contribution < -0.4 is 20.8 Å². The molecule has 0 atom stereocenters. The number of ether oxygens (including phenoxy) is 1. The van der Waals surface area contributed by atoms with E-state index in [0.29, 0.717) is 29.1 Å². The molecule has 0 radical (unpaired) electrons. The van der Waals surface area contributed by atoms with Crippen LogP contribution in [0.5, 0.6) is 5.75 Å². The first-order chi connectivity index (χ1) is 22.7. The number of allylic oxidation sites excluding steroid dienone is 2. The first kappa shape index (κ1) is 33.9. The molecule has 1 aliphatic heterocycles. The van der Waals surface area contributed by atoms with Gasteiger partial charge in [0.25, 0.3) is 5.91 Å². The molecule has 2 aliphatic rings. The number of rotatable bonds is 11. The summed E-state index contributed by atoms with van der Waals surface area (Å²) < 4.78 is 7.45. The lowest BCUT2D eigenvalue weighted by atomic mass is 9.80. The van der Waals surface area contributed by atoms with E-state index >= 15 is 0 Å². The molecule has 1 amide bonds. The van der Waals surface area contributed by atoms with Gasteiger partial charge in [-0.2, -0.15) is 0 Å². The number of hydrogen-bond donors (Lipinski definition) is 4. The topological polar surface area (TPSA) is 134 Å². The molecule has 0 saturated heterocycles. The summed E-state index contributed by atoms with van der Waals surface area (Å²) in [5.74, 6) is 2.31. The molecule has 1 saturated carbocycles. The van der Waals surface area contributed by atoms with E-state index in [4.69, 9.17) is 31.4 Å². The summed E-state index contributed by atoms with van der Waals surface area (Å²) in [4.78, 5) is 16.7. The van der Waals surface area contributed by atoms with E-state index in [0.717, 1.165) is 65.7 Å². The van der Waals surface area contributed by atoms with Crippen molar-refractivity contribution in [1.82, 2.24) is 25.4 Å². The zero-order valence-corrected chi connectivity index (χ0v) is 27.7. The number of benzene rings is 3. The predicted molar refractivity (Wildman–Crippen MR) is 186 cm³/mol. The highest BCUT2D eigenvalue weighted by Crippen LogP contribution is 2.30. The highest BCUT2D eigenvalue weighted by molar-refractivity contribution is 6.58. The molecule has 2 heterocycles. The second kappa shape index (κ2) is 15.9. The number of aromatic nitrogens is 3. The van der Waals surface area contributed by atoms with E-state index in [1.807, 2.05) is 54.0 Å². The van der Waals surface area contributed by atoms with Crippen LogP contribution in [-0.4, -0.2) is 63.7 Å². The molecular weight excluding hydrogens is 615 g/mol. The van der Waals surface area contributed by atoms with E-state index in [1.165, 1.54) is 18.5 Å². The number of amides is 1. The minimum Gasteiger partial charge on any atom is -0.497 e. The number of nitrogens with zero attached hydrogens (tertiary/aromatic N) is 4. The summed E-state index contributed by atoms with van der Waals surface area (Å²) in [6.45, 7) is 6.20. The Balaban J connectivity index is 0.000000185. The van der Waals surface area contributed by atoms with Crippen molar-refractivity contribution in [2.24, 2.45) is 4.99 Å². The molecule has 1 fully saturated rings. The molecule has 4 aromatic rings. The zero-order chi connectivity index (χ0) is 33.3. The summed E-state index contributed by atoms with van der Waals surface area (Å²) >= 11 is 6.02. The monoisotopic (exact) mass is 654 g/mol. The van der Waals surface area contributed by atoms with Crippen molar-refractivity contribution in [2.45, 2.75) is 52.5 Å². The fourth-order valence-corrected chi connectivity index (χ4v) is 5.44. The largest absolute Gasteiger partial charge is 0.497 e. The summed E-state index contributed by atoms with van der Waals surface area (Å²) in [6, 6.07) is 19.9. The lowest BCUT2D eigenvalue weighted by molar-refractivity contribution is 0.0953. The van der Waals surface area contributed by atoms with E-state index in [9.17, 15) is 4.79 Å². The lowest BCUT2D eigenvalue weighted by Gasteiger charge is -2.14. The average Bonchev–Trinajstić information content (AvgIpc) is 3.89. The number of unbranched alkanes of at least 4 members (excludes halogenated alkanes) is 2. The SMILES string of the molecule is CC(NCCCCCNC(=O)c1ccc(B(O)O)cc1)=C1CC1.COc1ccc2c(c1)C(c1ccc(Cl)cc1)=NCc1nnc(C)n1-2. The number of aryl methyl sites for hydroxylation is 1. The van der Waals surface area contributed by atoms with Crippen LogP contribution in [0.1, 0.15) is 72.2 Å². The number of halogens is 1. The van der Waals surface area contributed by atoms with Gasteiger partial charge in [-0.3, -0.25) is 14.4 Å². The standard InChI is InChI=1S/C18H15ClN4O.C17H25BN2O3/c1-11-21-22-17-10-20-18(12-3-5-13(19)6-4-12)15-9-14(24-2)7-8-16(15)23(11)17;1-13(14-5-6-14)19-11-3-2-4-12-20-17(21)15-7-9-16(10-8-15)18(22)23/h3-9H,10H2,1-2H3;7-10,19,22-23H,2-6,11-12H2,1H3,(H,20,21). The molecule has 4 N–H and O–H groups in total. The first-order valence-corrected chi connectivity index (χ1v) is 16.2. The summed E-state index contributed by atoms with van der Waals surface area (Å²) in [7, 11) is 0.160. The van der Waals surface area contributed by atoms with Crippen molar-refractivity contribution in [2.75, 3.05) is 20.2 Å². The predicted octanol–water partition coefficient (Wildman–Crippen LogP) is 4.51. The maximum atomic E-state index is 11.9. The molecule has 47 heavy (non-hydrogen) atoms. The van der Waals surface area contributed by atoms with Crippen molar-refractivity contribution in [1.29, 1.82) is 0 Å². The molecule has 0 unspecified atom stereocenters. The molecule has 0 bridgehead atoms. The van der Waals surface area contributed by atoms with Crippen molar-refractivity contribution in [3.05, 3.63) is 111 Å². The Morgan fingerprint density at radius 3 is 2.32 bits per heavy atom. The van der Waals surface area contributed by atoms with E-state index in [2.05, 4.69) is 27.8 Å². The number of fused-ring (bicyclic) bond motifs is 3. The molecule has 12 heteroatoms. The maximum absolute atomic E-state index is 11.9. The van der Waals surface area contributed by atoms with Crippen LogP contribution in [0.4, 0.5) is 0 Å². The number of methoxy groups -OCH3 is 1. The minimum absolute atomic E-state index is 0.128. The van der Waals surface area contributed by atoms with Crippen molar-refractivity contribution < 1.29 is 19.6 Å². The second-order valence-corrected chi connectivity index (χ2v) is 12.0. The fourth-order valence-electron chi connectivity index (χ4n) is 5.31. The Hall–Kier alpha value is -4.45. The van der Waals surface area contributed by atoms with Crippen molar-refractivity contribution in [3.63, 3.8) is 0 Å². The molecular formula is C35H40BClN6O4. The highest BCUT2D eigenvalue weighted by Gasteiger charge is 2.22. The van der Waals surface area contributed by atoms with Gasteiger partial charge in [0.1, 0.15) is 18.1 Å². The fraction of sp³-hybridized carbons (Fsp3) is 0.314. The molecule has 244 valence electrons. The van der Waals surface area contributed by atoms with Gasteiger partial charge in [0.05, 0.1) is 18.5 Å². The van der Waals surface area contributed by atoms with Gasteiger partial charge in [-0.25, -0.2) is 0 Å². The lowest BCUT2D eigenvalue weighted by Crippen LogP contribution is -2.30. The van der Waals surface area contributed by atoms with Crippen LogP contribution in [0, 0.1) is 6.92 Å². The molecule has 1 aliphatic carbocycles. The first-order valence-electron chi connectivity index (χ1n) is 15.8. The van der Waals surface area contributed by atoms with Gasteiger partial charge in [0, 0.05) is 40.5 Å². The Labute approximate surface area is 280 Å². The van der Waals surface area contributed by atoms with Gasteiger partial charge in [0.2, 0.25) is 0 Å². The van der Waals surface area contributed by atoms with Gasteiger partial charge in [0.15, 0.2) is 5.82 Å². The van der Waals surface area contributed by atoms with Crippen LogP contribution >= 0.6 is 11.6 Å². The Kier molecular flexibility index (Phi) is 11.5. The molecule has 0 spiro atoms. The molecule has 1 aromatic heterocycles. The summed E-state index contributed by atoms with van der Waals surface area (Å²) in [5, 5.41) is 33.5. The third-order valence-electron chi connectivity index (χ3n) is 8.12. The Morgan fingerprint density at radius 2 is 1.66 bits per heavy atom. The van der Waals surface area contributed by atoms with Gasteiger partial charge in [-0.1, -0.05) is 41.4 Å². The van der Waals surface area contributed by atoms with Crippen LogP contribution in [0.25, 0.3) is 5.69 Å². The third-order valence-corrected chi connectivity index (χ3v) is 8.37. The number of carbonyl (C=O) groups excluding carboxylic acids is 1. The van der Waals surface area contributed by atoms with Crippen LogP contribution in [0.2, 0.25) is 5.02 Å². The second-order valence-electron chi connectivity index (χ2n) is 11.5. The minimum atomic E-state index is -1.50. The summed E-state index contributed by atoms with van der Waals surface area (Å²) in [5.41, 5.74) is 7.69. The van der Waals surface area contributed by atoms with Crippen molar-refractivity contribution >= 4 is 35.8 Å². The van der Waals surface area contributed by atoms with Gasteiger partial charge < -0.3 is 25.4 Å². The quantitative estimate of drug-likeness (QED) is 0.138. The van der Waals surface area contributed by atoms with Gasteiger partial charge in [-0.15, -0.1) is 10.2 Å². The van der Waals surface area contributed by atoms with E-state index < -0.39 is 7.12 Å². The van der Waals surface area contributed by atoms with Gasteiger partial charge in [-0.05, 0) is 93.9 Å². The Bertz CT molecular complexity index is 1750. The summed E-state index contributed by atoms with van der Waals surface area (Å²) in [6.07, 6.45) is 5.64. The van der Waals surface area contributed by atoms with Crippen LogP contribution in [0.3, 0.4) is 0 Å². The van der Waals surface area contributed by atoms with Crippen LogP contribution in [-0.2, 0) is 6.54 Å². The molecule has 6 rings (SSSR count). The number of aliphatic imine (C=N–C) groups is 1. The van der Waals surface area contributed by atoms with E-state index in [1.54, 1.807) is 36.9 Å². The van der Waals surface area contributed by atoms with E-state index in [-0.39, 0.29) is 5.91 Å². The highest BCUT2D eigenvalue weighted by atomic mass is 35.5. The van der Waals surface area contributed by atoms with Crippen LogP contribution in [0.15, 0.2) is 83.0 Å². The maximum Gasteiger partial charge on any atom is 0.488 e. The number of carbonyl (C=O) groups is 1. The molecule has 10 nitrogen and oxygen atoms in total. The zero-order valence-electron chi connectivity index (χ0n) is 27.0. The smallest absolute Gasteiger partial charge is 0.488 e. The normalized spacial score (nSPS) is 12.8. The Morgan fingerprint density at radius 1 is 0.957 bits per heavy atom. The van der Waals surface area contributed by atoms with Crippen molar-refractivity contribution in [3.8, 4) is 11.4 Å². The number of nitrogens with one attached hydrogen (secondary N) is 2. The molecule has 3 aromatic carbocycles. The average molecular weight is 655 g/mol. The third kappa shape index (κ3) is 8.88. The van der Waals surface area contributed by atoms with Gasteiger partial charge >= 0.3 is 7.12 Å².